The van der Waals surface area contributed by atoms with Crippen LogP contribution in [-0.4, -0.2) is 52.5 Å². The third-order valence-corrected chi connectivity index (χ3v) is 5.29. The van der Waals surface area contributed by atoms with E-state index in [4.69, 9.17) is 0 Å². The molecule has 0 bridgehead atoms. The number of hydrogen-bond acceptors (Lipinski definition) is 7. The van der Waals surface area contributed by atoms with E-state index >= 15 is 0 Å². The summed E-state index contributed by atoms with van der Waals surface area (Å²) < 4.78 is 43.0. The maximum atomic E-state index is 13.1. The zero-order valence-corrected chi connectivity index (χ0v) is 17.2. The molecule has 0 aromatic carbocycles. The molecule has 13 heteroatoms. The number of halogens is 3. The lowest BCUT2D eigenvalue weighted by molar-refractivity contribution is -0.146. The third-order valence-electron chi connectivity index (χ3n) is 5.29. The van der Waals surface area contributed by atoms with Gasteiger partial charge in [0.15, 0.2) is 11.5 Å². The number of nitrogens with zero attached hydrogens (tertiary/aromatic N) is 9. The summed E-state index contributed by atoms with van der Waals surface area (Å²) >= 11 is 0. The van der Waals surface area contributed by atoms with Crippen LogP contribution in [0, 0.1) is 19.8 Å². The second-order valence-electron chi connectivity index (χ2n) is 7.80. The van der Waals surface area contributed by atoms with Gasteiger partial charge in [0.25, 0.3) is 11.4 Å². The fourth-order valence-corrected chi connectivity index (χ4v) is 3.78. The van der Waals surface area contributed by atoms with Gasteiger partial charge >= 0.3 is 6.18 Å². The average molecular weight is 445 g/mol. The molecule has 0 saturated carbocycles. The Kier molecular flexibility index (Phi) is 4.50. The Morgan fingerprint density at radius 1 is 1.00 bits per heavy atom. The Hall–Kier alpha value is -3.77. The summed E-state index contributed by atoms with van der Waals surface area (Å²) in [6.45, 7) is 5.22. The molecule has 0 aliphatic carbocycles. The van der Waals surface area contributed by atoms with Crippen molar-refractivity contribution in [3.05, 3.63) is 57.9 Å². The monoisotopic (exact) mass is 445 g/mol. The topological polar surface area (TPSA) is 99.0 Å². The van der Waals surface area contributed by atoms with Gasteiger partial charge in [-0.25, -0.2) is 9.36 Å². The third kappa shape index (κ3) is 3.48. The van der Waals surface area contributed by atoms with Gasteiger partial charge in [-0.15, -0.1) is 20.4 Å². The fourth-order valence-electron chi connectivity index (χ4n) is 3.78. The Labute approximate surface area is 178 Å². The van der Waals surface area contributed by atoms with Crippen molar-refractivity contribution in [1.29, 1.82) is 0 Å². The molecule has 1 aliphatic heterocycles. The highest BCUT2D eigenvalue weighted by Gasteiger charge is 2.38. The first-order valence-electron chi connectivity index (χ1n) is 9.85. The second-order valence-corrected chi connectivity index (χ2v) is 7.80. The van der Waals surface area contributed by atoms with Crippen molar-refractivity contribution in [1.82, 2.24) is 39.4 Å². The van der Waals surface area contributed by atoms with Gasteiger partial charge in [0.05, 0.1) is 12.2 Å². The molecule has 4 aromatic heterocycles. The van der Waals surface area contributed by atoms with Crippen molar-refractivity contribution in [3.63, 3.8) is 0 Å². The van der Waals surface area contributed by atoms with Crippen LogP contribution in [0.3, 0.4) is 0 Å². The molecule has 5 rings (SSSR count). The Morgan fingerprint density at radius 2 is 1.75 bits per heavy atom. The molecule has 1 fully saturated rings. The number of aryl methyl sites for hydroxylation is 2. The van der Waals surface area contributed by atoms with E-state index in [1.54, 1.807) is 16.8 Å². The first-order chi connectivity index (χ1) is 15.2. The molecule has 0 unspecified atom stereocenters. The van der Waals surface area contributed by atoms with E-state index in [2.05, 4.69) is 25.5 Å². The van der Waals surface area contributed by atoms with Crippen molar-refractivity contribution >= 4 is 11.5 Å². The van der Waals surface area contributed by atoms with Crippen LogP contribution in [0.25, 0.3) is 11.5 Å². The van der Waals surface area contributed by atoms with Crippen LogP contribution in [0.2, 0.25) is 0 Å². The van der Waals surface area contributed by atoms with Gasteiger partial charge in [0, 0.05) is 30.8 Å². The van der Waals surface area contributed by atoms with Crippen LogP contribution in [0.5, 0.6) is 0 Å². The molecule has 4 aromatic rings. The first-order valence-corrected chi connectivity index (χ1v) is 9.85. The lowest BCUT2D eigenvalue weighted by Crippen LogP contribution is -2.50. The number of fused-ring (bicyclic) bond motifs is 1. The summed E-state index contributed by atoms with van der Waals surface area (Å²) in [6.07, 6.45) is -4.65. The van der Waals surface area contributed by atoms with Crippen LogP contribution >= 0.6 is 0 Å². The van der Waals surface area contributed by atoms with Crippen LogP contribution in [0.4, 0.5) is 19.0 Å². The Bertz CT molecular complexity index is 1360. The molecule has 0 radical (unpaired) electrons. The van der Waals surface area contributed by atoms with Crippen LogP contribution in [0.15, 0.2) is 35.1 Å². The van der Waals surface area contributed by atoms with Gasteiger partial charge in [0.2, 0.25) is 0 Å². The summed E-state index contributed by atoms with van der Waals surface area (Å²) in [5.41, 5.74) is 1.55. The smallest absolute Gasteiger partial charge is 0.354 e. The van der Waals surface area contributed by atoms with Gasteiger partial charge in [-0.3, -0.25) is 4.79 Å². The molecule has 0 amide bonds. The van der Waals surface area contributed by atoms with Crippen LogP contribution < -0.4 is 10.5 Å². The predicted octanol–water partition coefficient (Wildman–Crippen LogP) is 1.64. The fraction of sp³-hybridized carbons (Fsp3) is 0.368. The number of alkyl halides is 3. The van der Waals surface area contributed by atoms with Crippen molar-refractivity contribution < 1.29 is 13.2 Å². The maximum absolute atomic E-state index is 13.1. The standard InChI is InChI=1S/C19H18F3N9O/c1-11-7-12(2)30(25-11)16-5-6-17(32)29(26-16)10-13-8-28(9-13)15-4-3-14-23-24-18(19(20,21)22)31(14)27-15/h3-7,13H,8-10H2,1-2H3. The zero-order chi connectivity index (χ0) is 22.6. The number of rotatable bonds is 4. The first kappa shape index (κ1) is 20.2. The molecular formula is C19H18F3N9O. The SMILES string of the molecule is Cc1cc(C)n(-c2ccc(=O)n(CC3CN(c4ccc5nnc(C(F)(F)F)n5n4)C3)n2)n1. The predicted molar refractivity (Wildman–Crippen MR) is 107 cm³/mol. The van der Waals surface area contributed by atoms with Gasteiger partial charge in [-0.1, -0.05) is 0 Å². The highest BCUT2D eigenvalue weighted by Crippen LogP contribution is 2.29. The van der Waals surface area contributed by atoms with Gasteiger partial charge < -0.3 is 4.90 Å². The molecule has 1 aliphatic rings. The Balaban J connectivity index is 1.32. The van der Waals surface area contributed by atoms with E-state index < -0.39 is 12.0 Å². The van der Waals surface area contributed by atoms with E-state index in [9.17, 15) is 18.0 Å². The molecule has 0 atom stereocenters. The molecular weight excluding hydrogens is 427 g/mol. The van der Waals surface area contributed by atoms with Crippen LogP contribution in [-0.2, 0) is 12.7 Å². The number of anilines is 1. The largest absolute Gasteiger partial charge is 0.453 e. The van der Waals surface area contributed by atoms with Crippen molar-refractivity contribution in [2.45, 2.75) is 26.6 Å². The summed E-state index contributed by atoms with van der Waals surface area (Å²) in [6, 6.07) is 8.05. The Morgan fingerprint density at radius 3 is 2.44 bits per heavy atom. The zero-order valence-electron chi connectivity index (χ0n) is 17.2. The summed E-state index contributed by atoms with van der Waals surface area (Å²) in [4.78, 5) is 14.1. The van der Waals surface area contributed by atoms with Gasteiger partial charge in [0.1, 0.15) is 5.82 Å². The lowest BCUT2D eigenvalue weighted by Gasteiger charge is -2.39. The summed E-state index contributed by atoms with van der Waals surface area (Å²) in [5.74, 6) is -0.138. The second kappa shape index (κ2) is 7.14. The number of aromatic nitrogens is 8. The highest BCUT2D eigenvalue weighted by molar-refractivity contribution is 5.47. The molecule has 5 heterocycles. The molecule has 10 nitrogen and oxygen atoms in total. The number of hydrogen-bond donors (Lipinski definition) is 0. The van der Waals surface area contributed by atoms with Gasteiger partial charge in [-0.05, 0) is 38.1 Å². The average Bonchev–Trinajstić information content (AvgIpc) is 3.27. The van der Waals surface area contributed by atoms with E-state index in [0.29, 0.717) is 35.8 Å². The van der Waals surface area contributed by atoms with Crippen molar-refractivity contribution in [3.8, 4) is 5.82 Å². The van der Waals surface area contributed by atoms with Gasteiger partial charge in [-0.2, -0.15) is 22.8 Å². The van der Waals surface area contributed by atoms with E-state index in [1.807, 2.05) is 24.8 Å². The molecule has 0 N–H and O–H groups in total. The quantitative estimate of drug-likeness (QED) is 0.471. The molecule has 166 valence electrons. The van der Waals surface area contributed by atoms with Crippen molar-refractivity contribution in [2.24, 2.45) is 5.92 Å². The normalized spacial score (nSPS) is 14.8. The van der Waals surface area contributed by atoms with E-state index in [0.717, 1.165) is 11.4 Å². The van der Waals surface area contributed by atoms with Crippen molar-refractivity contribution in [2.75, 3.05) is 18.0 Å². The molecule has 32 heavy (non-hydrogen) atoms. The summed E-state index contributed by atoms with van der Waals surface area (Å²) in [5, 5.41) is 19.6. The lowest BCUT2D eigenvalue weighted by atomic mass is 10.0. The minimum Gasteiger partial charge on any atom is -0.354 e. The molecule has 1 saturated heterocycles. The summed E-state index contributed by atoms with van der Waals surface area (Å²) in [7, 11) is 0. The molecule has 0 spiro atoms. The maximum Gasteiger partial charge on any atom is 0.453 e. The van der Waals surface area contributed by atoms with Crippen LogP contribution in [0.1, 0.15) is 17.2 Å². The minimum atomic E-state index is -4.65. The minimum absolute atomic E-state index is 0.0230. The van der Waals surface area contributed by atoms with E-state index in [-0.39, 0.29) is 17.1 Å². The highest BCUT2D eigenvalue weighted by atomic mass is 19.4. The van der Waals surface area contributed by atoms with E-state index in [1.165, 1.54) is 16.8 Å².